The summed E-state index contributed by atoms with van der Waals surface area (Å²) in [7, 11) is 0. The first-order chi connectivity index (χ1) is 6.86. The largest absolute Gasteiger partial charge is 0.315 e. The van der Waals surface area contributed by atoms with Gasteiger partial charge in [-0.25, -0.2) is 0 Å². The fraction of sp³-hybridized carbons (Fsp3) is 0.538. The maximum absolute atomic E-state index is 3.36. The molecule has 0 bridgehead atoms. The van der Waals surface area contributed by atoms with Crippen LogP contribution in [0.3, 0.4) is 0 Å². The fourth-order valence-corrected chi connectivity index (χ4v) is 2.30. The number of aryl methyl sites for hydroxylation is 2. The molecular weight excluding hydrogens is 170 g/mol. The maximum Gasteiger partial charge on any atom is 0.00940 e. The van der Waals surface area contributed by atoms with E-state index in [1.165, 1.54) is 25.9 Å². The van der Waals surface area contributed by atoms with Crippen molar-refractivity contribution in [2.75, 3.05) is 13.1 Å². The molecule has 1 aliphatic rings. The van der Waals surface area contributed by atoms with Gasteiger partial charge in [-0.1, -0.05) is 32.0 Å². The second-order valence-corrected chi connectivity index (χ2v) is 4.05. The minimum absolute atomic E-state index is 0.779. The van der Waals surface area contributed by atoms with Crippen LogP contribution in [0.5, 0.6) is 0 Å². The van der Waals surface area contributed by atoms with Gasteiger partial charge in [-0.15, -0.1) is 0 Å². The van der Waals surface area contributed by atoms with Crippen LogP contribution in [0.2, 0.25) is 0 Å². The van der Waals surface area contributed by atoms with Crippen molar-refractivity contribution in [3.05, 3.63) is 34.9 Å². The zero-order valence-corrected chi connectivity index (χ0v) is 9.14. The lowest BCUT2D eigenvalue weighted by molar-refractivity contribution is 0.443. The lowest BCUT2D eigenvalue weighted by atomic mass is 9.84. The summed E-state index contributed by atoms with van der Waals surface area (Å²) in [4.78, 5) is 0. The minimum atomic E-state index is 0.779. The third kappa shape index (κ3) is 1.57. The monoisotopic (exact) mass is 189 g/mol. The Morgan fingerprint density at radius 2 is 1.71 bits per heavy atom. The summed E-state index contributed by atoms with van der Waals surface area (Å²) in [5.41, 5.74) is 4.74. The summed E-state index contributed by atoms with van der Waals surface area (Å²) in [6, 6.07) is 6.77. The van der Waals surface area contributed by atoms with Crippen LogP contribution in [0, 0.1) is 0 Å². The van der Waals surface area contributed by atoms with E-state index in [1.807, 2.05) is 0 Å². The lowest BCUT2D eigenvalue weighted by Crippen LogP contribution is -2.40. The molecule has 1 nitrogen and oxygen atoms in total. The third-order valence-electron chi connectivity index (χ3n) is 3.24. The Hall–Kier alpha value is -0.820. The van der Waals surface area contributed by atoms with E-state index in [0.29, 0.717) is 0 Å². The highest BCUT2D eigenvalue weighted by atomic mass is 14.9. The van der Waals surface area contributed by atoms with Crippen LogP contribution in [0.4, 0.5) is 0 Å². The van der Waals surface area contributed by atoms with Crippen molar-refractivity contribution in [1.29, 1.82) is 0 Å². The topological polar surface area (TPSA) is 12.0 Å². The Morgan fingerprint density at radius 1 is 1.14 bits per heavy atom. The zero-order valence-electron chi connectivity index (χ0n) is 9.14. The van der Waals surface area contributed by atoms with E-state index in [4.69, 9.17) is 0 Å². The molecule has 1 aromatic carbocycles. The summed E-state index contributed by atoms with van der Waals surface area (Å²) in [6.07, 6.45) is 2.33. The van der Waals surface area contributed by atoms with Gasteiger partial charge in [-0.2, -0.15) is 0 Å². The van der Waals surface area contributed by atoms with Gasteiger partial charge in [0, 0.05) is 19.0 Å². The maximum atomic E-state index is 3.36. The molecule has 1 heterocycles. The van der Waals surface area contributed by atoms with Crippen LogP contribution >= 0.6 is 0 Å². The standard InChI is InChI=1S/C13H19N/c1-3-10-6-5-7-11(4-2)13(10)12-8-14-9-12/h5-7,12,14H,3-4,8-9H2,1-2H3. The van der Waals surface area contributed by atoms with Crippen molar-refractivity contribution in [3.63, 3.8) is 0 Å². The molecule has 1 N–H and O–H groups in total. The molecule has 1 aliphatic heterocycles. The average Bonchev–Trinajstić information content (AvgIpc) is 2.15. The van der Waals surface area contributed by atoms with E-state index in [0.717, 1.165) is 5.92 Å². The highest BCUT2D eigenvalue weighted by Gasteiger charge is 2.23. The van der Waals surface area contributed by atoms with Crippen LogP contribution in [-0.4, -0.2) is 13.1 Å². The number of benzene rings is 1. The van der Waals surface area contributed by atoms with Crippen molar-refractivity contribution in [3.8, 4) is 0 Å². The normalized spacial score (nSPS) is 16.7. The lowest BCUT2D eigenvalue weighted by Gasteiger charge is -2.31. The average molecular weight is 189 g/mol. The molecule has 0 unspecified atom stereocenters. The highest BCUT2D eigenvalue weighted by molar-refractivity contribution is 5.39. The molecule has 0 amide bonds. The molecule has 0 spiro atoms. The smallest absolute Gasteiger partial charge is 0.00940 e. The minimum Gasteiger partial charge on any atom is -0.315 e. The van der Waals surface area contributed by atoms with E-state index >= 15 is 0 Å². The quantitative estimate of drug-likeness (QED) is 0.770. The number of rotatable bonds is 3. The summed E-state index contributed by atoms with van der Waals surface area (Å²) in [5.74, 6) is 0.779. The number of hydrogen-bond acceptors (Lipinski definition) is 1. The van der Waals surface area contributed by atoms with Gasteiger partial charge in [0.05, 0.1) is 0 Å². The van der Waals surface area contributed by atoms with E-state index in [-0.39, 0.29) is 0 Å². The summed E-state index contributed by atoms with van der Waals surface area (Å²) in [6.45, 7) is 6.85. The molecule has 0 saturated carbocycles. The van der Waals surface area contributed by atoms with Gasteiger partial charge in [0.2, 0.25) is 0 Å². The van der Waals surface area contributed by atoms with Gasteiger partial charge in [0.25, 0.3) is 0 Å². The van der Waals surface area contributed by atoms with Crippen LogP contribution in [0.1, 0.15) is 36.5 Å². The first-order valence-corrected chi connectivity index (χ1v) is 5.68. The molecule has 1 saturated heterocycles. The first-order valence-electron chi connectivity index (χ1n) is 5.68. The first kappa shape index (κ1) is 9.72. The van der Waals surface area contributed by atoms with Crippen molar-refractivity contribution >= 4 is 0 Å². The summed E-state index contributed by atoms with van der Waals surface area (Å²) in [5, 5.41) is 3.36. The molecule has 0 aliphatic carbocycles. The van der Waals surface area contributed by atoms with Gasteiger partial charge in [-0.05, 0) is 29.5 Å². The molecule has 1 heteroatoms. The molecule has 1 aromatic rings. The van der Waals surface area contributed by atoms with Crippen LogP contribution < -0.4 is 5.32 Å². The predicted octanol–water partition coefficient (Wildman–Crippen LogP) is 2.50. The van der Waals surface area contributed by atoms with E-state index in [9.17, 15) is 0 Å². The van der Waals surface area contributed by atoms with Gasteiger partial charge in [0.1, 0.15) is 0 Å². The van der Waals surface area contributed by atoms with Gasteiger partial charge in [-0.3, -0.25) is 0 Å². The second-order valence-electron chi connectivity index (χ2n) is 4.05. The van der Waals surface area contributed by atoms with Crippen LogP contribution in [0.15, 0.2) is 18.2 Å². The van der Waals surface area contributed by atoms with Gasteiger partial charge in [0.15, 0.2) is 0 Å². The Kier molecular flexibility index (Phi) is 2.87. The van der Waals surface area contributed by atoms with Gasteiger partial charge >= 0.3 is 0 Å². The molecule has 2 rings (SSSR count). The molecular formula is C13H19N. The van der Waals surface area contributed by atoms with Gasteiger partial charge < -0.3 is 5.32 Å². The third-order valence-corrected chi connectivity index (χ3v) is 3.24. The summed E-state index contributed by atoms with van der Waals surface area (Å²) >= 11 is 0. The van der Waals surface area contributed by atoms with E-state index < -0.39 is 0 Å². The predicted molar refractivity (Wildman–Crippen MR) is 60.8 cm³/mol. The second kappa shape index (κ2) is 4.14. The number of nitrogens with one attached hydrogen (secondary N) is 1. The fourth-order valence-electron chi connectivity index (χ4n) is 2.30. The molecule has 14 heavy (non-hydrogen) atoms. The van der Waals surface area contributed by atoms with Crippen molar-refractivity contribution in [2.24, 2.45) is 0 Å². The Morgan fingerprint density at radius 3 is 2.07 bits per heavy atom. The Bertz CT molecular complexity index is 291. The summed E-state index contributed by atoms with van der Waals surface area (Å²) < 4.78 is 0. The molecule has 0 aromatic heterocycles. The molecule has 76 valence electrons. The van der Waals surface area contributed by atoms with Crippen molar-refractivity contribution in [1.82, 2.24) is 5.32 Å². The van der Waals surface area contributed by atoms with Crippen molar-refractivity contribution in [2.45, 2.75) is 32.6 Å². The van der Waals surface area contributed by atoms with Crippen LogP contribution in [-0.2, 0) is 12.8 Å². The zero-order chi connectivity index (χ0) is 9.97. The molecule has 1 fully saturated rings. The SMILES string of the molecule is CCc1cccc(CC)c1C1CNC1. The van der Waals surface area contributed by atoms with Crippen LogP contribution in [0.25, 0.3) is 0 Å². The number of hydrogen-bond donors (Lipinski definition) is 1. The van der Waals surface area contributed by atoms with E-state index in [2.05, 4.69) is 37.4 Å². The van der Waals surface area contributed by atoms with E-state index in [1.54, 1.807) is 16.7 Å². The highest BCUT2D eigenvalue weighted by Crippen LogP contribution is 2.28. The Balaban J connectivity index is 2.39. The Labute approximate surface area is 86.5 Å². The molecule has 0 radical (unpaired) electrons. The van der Waals surface area contributed by atoms with Crippen molar-refractivity contribution < 1.29 is 0 Å². The molecule has 0 atom stereocenters.